The molecule has 1 unspecified atom stereocenters. The van der Waals surface area contributed by atoms with E-state index >= 15 is 0 Å². The third-order valence-electron chi connectivity index (χ3n) is 3.47. The fraction of sp³-hybridized carbons (Fsp3) is 0.188. The second kappa shape index (κ2) is 5.24. The zero-order chi connectivity index (χ0) is 13.1. The minimum absolute atomic E-state index is 0.265. The molecule has 0 saturated carbocycles. The van der Waals surface area contributed by atoms with Crippen LogP contribution in [0.15, 0.2) is 54.7 Å². The second-order valence-corrected chi connectivity index (χ2v) is 4.75. The largest absolute Gasteiger partial charge is 0.305 e. The van der Waals surface area contributed by atoms with Gasteiger partial charge in [0.25, 0.3) is 0 Å². The van der Waals surface area contributed by atoms with Gasteiger partial charge in [-0.1, -0.05) is 42.5 Å². The highest BCUT2D eigenvalue weighted by Crippen LogP contribution is 2.19. The van der Waals surface area contributed by atoms with Gasteiger partial charge in [0.1, 0.15) is 0 Å². The number of rotatable bonds is 4. The van der Waals surface area contributed by atoms with E-state index in [0.29, 0.717) is 0 Å². The van der Waals surface area contributed by atoms with Crippen LogP contribution in [0.25, 0.3) is 10.8 Å². The van der Waals surface area contributed by atoms with Crippen LogP contribution < -0.4 is 5.32 Å². The maximum atomic E-state index is 3.98. The predicted octanol–water partition coefficient (Wildman–Crippen LogP) is 3.41. The first kappa shape index (κ1) is 11.9. The fourth-order valence-electron chi connectivity index (χ4n) is 2.33. The molecule has 0 aliphatic heterocycles. The summed E-state index contributed by atoms with van der Waals surface area (Å²) in [5, 5.41) is 13.1. The first-order valence-electron chi connectivity index (χ1n) is 6.54. The van der Waals surface area contributed by atoms with Crippen molar-refractivity contribution in [1.82, 2.24) is 15.5 Å². The number of H-pyrrole nitrogens is 1. The Kier molecular flexibility index (Phi) is 3.29. The molecule has 0 saturated heterocycles. The Bertz CT molecular complexity index is 653. The van der Waals surface area contributed by atoms with Gasteiger partial charge in [-0.25, -0.2) is 0 Å². The number of nitrogens with one attached hydrogen (secondary N) is 2. The highest BCUT2D eigenvalue weighted by molar-refractivity contribution is 5.85. The molecule has 0 bridgehead atoms. The maximum absolute atomic E-state index is 3.98. The Hall–Kier alpha value is -2.13. The molecule has 2 aromatic carbocycles. The van der Waals surface area contributed by atoms with Gasteiger partial charge in [-0.2, -0.15) is 5.10 Å². The van der Waals surface area contributed by atoms with Crippen molar-refractivity contribution >= 4 is 10.8 Å². The Morgan fingerprint density at radius 1 is 1.11 bits per heavy atom. The summed E-state index contributed by atoms with van der Waals surface area (Å²) in [5.74, 6) is 0. The van der Waals surface area contributed by atoms with Crippen LogP contribution in [0.2, 0.25) is 0 Å². The van der Waals surface area contributed by atoms with Gasteiger partial charge < -0.3 is 5.32 Å². The summed E-state index contributed by atoms with van der Waals surface area (Å²) in [6.07, 6.45) is 1.78. The van der Waals surface area contributed by atoms with Crippen molar-refractivity contribution in [2.75, 3.05) is 0 Å². The smallest absolute Gasteiger partial charge is 0.0518 e. The number of aromatic nitrogens is 2. The summed E-state index contributed by atoms with van der Waals surface area (Å²) < 4.78 is 0. The molecule has 0 amide bonds. The highest BCUT2D eigenvalue weighted by Gasteiger charge is 2.06. The van der Waals surface area contributed by atoms with Gasteiger partial charge in [-0.05, 0) is 29.3 Å². The molecule has 19 heavy (non-hydrogen) atoms. The molecular weight excluding hydrogens is 234 g/mol. The molecule has 0 fully saturated rings. The van der Waals surface area contributed by atoms with E-state index in [1.165, 1.54) is 16.3 Å². The maximum Gasteiger partial charge on any atom is 0.0518 e. The van der Waals surface area contributed by atoms with Crippen LogP contribution in [-0.4, -0.2) is 10.2 Å². The first-order valence-corrected chi connectivity index (χ1v) is 6.54. The van der Waals surface area contributed by atoms with Crippen LogP contribution in [0.3, 0.4) is 0 Å². The third-order valence-corrected chi connectivity index (χ3v) is 3.47. The molecular formula is C16H17N3. The van der Waals surface area contributed by atoms with Gasteiger partial charge >= 0.3 is 0 Å². The number of benzene rings is 2. The van der Waals surface area contributed by atoms with Gasteiger partial charge in [-0.3, -0.25) is 5.10 Å². The number of fused-ring (bicyclic) bond motifs is 1. The lowest BCUT2D eigenvalue weighted by atomic mass is 10.0. The predicted molar refractivity (Wildman–Crippen MR) is 77.8 cm³/mol. The molecule has 3 rings (SSSR count). The molecule has 1 atom stereocenters. The highest BCUT2D eigenvalue weighted by atomic mass is 15.1. The number of nitrogens with zero attached hydrogens (tertiary/aromatic N) is 1. The van der Waals surface area contributed by atoms with Crippen LogP contribution in [0.5, 0.6) is 0 Å². The molecule has 3 heteroatoms. The topological polar surface area (TPSA) is 40.7 Å². The Labute approximate surface area is 112 Å². The molecule has 0 spiro atoms. The van der Waals surface area contributed by atoms with Crippen LogP contribution in [0.4, 0.5) is 0 Å². The van der Waals surface area contributed by atoms with Crippen LogP contribution in [-0.2, 0) is 6.54 Å². The molecule has 1 aromatic heterocycles. The molecule has 2 N–H and O–H groups in total. The zero-order valence-corrected chi connectivity index (χ0v) is 10.9. The summed E-state index contributed by atoms with van der Waals surface area (Å²) in [5.41, 5.74) is 2.43. The van der Waals surface area contributed by atoms with Crippen LogP contribution in [0.1, 0.15) is 24.2 Å². The quantitative estimate of drug-likeness (QED) is 0.746. The lowest BCUT2D eigenvalue weighted by Crippen LogP contribution is -2.18. The number of aromatic amines is 1. The average Bonchev–Trinajstić information content (AvgIpc) is 2.99. The monoisotopic (exact) mass is 251 g/mol. The van der Waals surface area contributed by atoms with Gasteiger partial charge in [0.2, 0.25) is 0 Å². The van der Waals surface area contributed by atoms with Crippen LogP contribution in [0, 0.1) is 0 Å². The minimum Gasteiger partial charge on any atom is -0.305 e. The standard InChI is InChI=1S/C16H17N3/c1-12(16-9-10-18-19-16)17-11-14-7-4-6-13-5-2-3-8-15(13)14/h2-10,12,17H,11H2,1H3,(H,18,19). The summed E-state index contributed by atoms with van der Waals surface area (Å²) in [7, 11) is 0. The van der Waals surface area contributed by atoms with Gasteiger partial charge in [0.05, 0.1) is 5.69 Å². The zero-order valence-electron chi connectivity index (χ0n) is 10.9. The lowest BCUT2D eigenvalue weighted by molar-refractivity contribution is 0.562. The van der Waals surface area contributed by atoms with Crippen molar-refractivity contribution in [1.29, 1.82) is 0 Å². The van der Waals surface area contributed by atoms with Crippen molar-refractivity contribution in [3.63, 3.8) is 0 Å². The van der Waals surface area contributed by atoms with E-state index in [0.717, 1.165) is 12.2 Å². The van der Waals surface area contributed by atoms with Gasteiger partial charge in [0.15, 0.2) is 0 Å². The van der Waals surface area contributed by atoms with E-state index in [1.54, 1.807) is 6.20 Å². The second-order valence-electron chi connectivity index (χ2n) is 4.75. The van der Waals surface area contributed by atoms with E-state index < -0.39 is 0 Å². The Morgan fingerprint density at radius 3 is 2.79 bits per heavy atom. The van der Waals surface area contributed by atoms with Gasteiger partial charge in [-0.15, -0.1) is 0 Å². The van der Waals surface area contributed by atoms with Crippen molar-refractivity contribution in [3.05, 3.63) is 66.0 Å². The van der Waals surface area contributed by atoms with Crippen molar-refractivity contribution in [2.24, 2.45) is 0 Å². The summed E-state index contributed by atoms with van der Waals surface area (Å²) in [6.45, 7) is 2.99. The molecule has 1 heterocycles. The van der Waals surface area contributed by atoms with E-state index in [4.69, 9.17) is 0 Å². The molecule has 3 aromatic rings. The summed E-state index contributed by atoms with van der Waals surface area (Å²) >= 11 is 0. The van der Waals surface area contributed by atoms with E-state index in [1.807, 2.05) is 6.07 Å². The van der Waals surface area contributed by atoms with E-state index in [2.05, 4.69) is 64.9 Å². The summed E-state index contributed by atoms with van der Waals surface area (Å²) in [4.78, 5) is 0. The van der Waals surface area contributed by atoms with Crippen molar-refractivity contribution in [3.8, 4) is 0 Å². The van der Waals surface area contributed by atoms with Crippen molar-refractivity contribution < 1.29 is 0 Å². The Morgan fingerprint density at radius 2 is 1.95 bits per heavy atom. The molecule has 96 valence electrons. The number of hydrogen-bond donors (Lipinski definition) is 2. The lowest BCUT2D eigenvalue weighted by Gasteiger charge is -2.13. The normalized spacial score (nSPS) is 12.7. The Balaban J connectivity index is 1.79. The fourth-order valence-corrected chi connectivity index (χ4v) is 2.33. The molecule has 0 aliphatic carbocycles. The molecule has 0 aliphatic rings. The SMILES string of the molecule is CC(NCc1cccc2ccccc12)c1ccn[nH]1. The van der Waals surface area contributed by atoms with Gasteiger partial charge in [0, 0.05) is 18.8 Å². The molecule has 0 radical (unpaired) electrons. The average molecular weight is 251 g/mol. The minimum atomic E-state index is 0.265. The third kappa shape index (κ3) is 2.51. The van der Waals surface area contributed by atoms with E-state index in [9.17, 15) is 0 Å². The molecule has 3 nitrogen and oxygen atoms in total. The van der Waals surface area contributed by atoms with E-state index in [-0.39, 0.29) is 6.04 Å². The van der Waals surface area contributed by atoms with Crippen LogP contribution >= 0.6 is 0 Å². The summed E-state index contributed by atoms with van der Waals surface area (Å²) in [6, 6.07) is 17.2. The van der Waals surface area contributed by atoms with Crippen molar-refractivity contribution in [2.45, 2.75) is 19.5 Å². The number of hydrogen-bond acceptors (Lipinski definition) is 2. The first-order chi connectivity index (χ1) is 9.34.